The fourth-order valence-electron chi connectivity index (χ4n) is 3.02. The van der Waals surface area contributed by atoms with Crippen LogP contribution >= 0.6 is 23.2 Å². The molecule has 1 aliphatic carbocycles. The first-order chi connectivity index (χ1) is 10.1. The van der Waals surface area contributed by atoms with E-state index in [0.29, 0.717) is 27.9 Å². The van der Waals surface area contributed by atoms with E-state index >= 15 is 0 Å². The summed E-state index contributed by atoms with van der Waals surface area (Å²) in [5.74, 6) is 0.251. The van der Waals surface area contributed by atoms with E-state index in [1.165, 1.54) is 19.3 Å². The van der Waals surface area contributed by atoms with Crippen LogP contribution in [0.2, 0.25) is 10.0 Å². The summed E-state index contributed by atoms with van der Waals surface area (Å²) in [6.07, 6.45) is 6.47. The Labute approximate surface area is 135 Å². The molecule has 1 amide bonds. The molecule has 0 heterocycles. The maximum absolute atomic E-state index is 12.4. The lowest BCUT2D eigenvalue weighted by atomic mass is 9.82. The second-order valence-electron chi connectivity index (χ2n) is 5.61. The highest BCUT2D eigenvalue weighted by atomic mass is 35.5. The molecule has 21 heavy (non-hydrogen) atoms. The lowest BCUT2D eigenvalue weighted by Crippen LogP contribution is -2.41. The normalized spacial score (nSPS) is 17.5. The number of hydrogen-bond donors (Lipinski definition) is 2. The third-order valence-corrected chi connectivity index (χ3v) is 4.70. The van der Waals surface area contributed by atoms with Gasteiger partial charge in [0, 0.05) is 17.7 Å². The summed E-state index contributed by atoms with van der Waals surface area (Å²) in [7, 11) is 0. The van der Waals surface area contributed by atoms with E-state index < -0.39 is 0 Å². The Morgan fingerprint density at radius 1 is 1.29 bits per heavy atom. The Morgan fingerprint density at radius 2 is 2.00 bits per heavy atom. The minimum Gasteiger partial charge on any atom is -0.396 e. The summed E-state index contributed by atoms with van der Waals surface area (Å²) in [6, 6.07) is 4.87. The van der Waals surface area contributed by atoms with Crippen molar-refractivity contribution < 1.29 is 9.90 Å². The van der Waals surface area contributed by atoms with Crippen LogP contribution in [0.3, 0.4) is 0 Å². The number of carbonyl (C=O) groups is 1. The number of amides is 1. The van der Waals surface area contributed by atoms with Gasteiger partial charge in [0.25, 0.3) is 5.91 Å². The van der Waals surface area contributed by atoms with Gasteiger partial charge in [0.2, 0.25) is 0 Å². The van der Waals surface area contributed by atoms with Crippen LogP contribution in [-0.2, 0) is 0 Å². The molecule has 0 radical (unpaired) electrons. The standard InChI is InChI=1S/C16H21Cl2NO2/c17-12-6-7-13(14(18)10-12)16(21)19-15(8-9-20)11-4-2-1-3-5-11/h6-7,10-11,15,20H,1-5,8-9H2,(H,19,21)/t15-/m0/s1. The van der Waals surface area contributed by atoms with Gasteiger partial charge in [0.15, 0.2) is 0 Å². The van der Waals surface area contributed by atoms with Crippen molar-refractivity contribution in [2.45, 2.75) is 44.6 Å². The Kier molecular flexibility index (Phi) is 6.34. The van der Waals surface area contributed by atoms with Crippen LogP contribution in [-0.4, -0.2) is 23.7 Å². The van der Waals surface area contributed by atoms with Crippen molar-refractivity contribution in [2.24, 2.45) is 5.92 Å². The van der Waals surface area contributed by atoms with Crippen molar-refractivity contribution >= 4 is 29.1 Å². The van der Waals surface area contributed by atoms with Crippen molar-refractivity contribution in [3.8, 4) is 0 Å². The van der Waals surface area contributed by atoms with Crippen LogP contribution in [0.25, 0.3) is 0 Å². The van der Waals surface area contributed by atoms with Gasteiger partial charge in [-0.25, -0.2) is 0 Å². The lowest BCUT2D eigenvalue weighted by molar-refractivity contribution is 0.0900. The summed E-state index contributed by atoms with van der Waals surface area (Å²) in [6.45, 7) is 0.0792. The highest BCUT2D eigenvalue weighted by Crippen LogP contribution is 2.28. The summed E-state index contributed by atoms with van der Waals surface area (Å²) in [4.78, 5) is 12.4. The molecule has 0 bridgehead atoms. The van der Waals surface area contributed by atoms with E-state index in [1.54, 1.807) is 18.2 Å². The molecule has 1 aliphatic rings. The second-order valence-corrected chi connectivity index (χ2v) is 6.46. The van der Waals surface area contributed by atoms with Gasteiger partial charge < -0.3 is 10.4 Å². The van der Waals surface area contributed by atoms with Gasteiger partial charge in [-0.1, -0.05) is 42.5 Å². The topological polar surface area (TPSA) is 49.3 Å². The molecule has 1 aromatic carbocycles. The van der Waals surface area contributed by atoms with Crippen molar-refractivity contribution in [1.29, 1.82) is 0 Å². The van der Waals surface area contributed by atoms with Crippen molar-refractivity contribution in [3.05, 3.63) is 33.8 Å². The monoisotopic (exact) mass is 329 g/mol. The molecule has 1 atom stereocenters. The van der Waals surface area contributed by atoms with Crippen LogP contribution in [0.5, 0.6) is 0 Å². The maximum Gasteiger partial charge on any atom is 0.253 e. The fourth-order valence-corrected chi connectivity index (χ4v) is 3.52. The maximum atomic E-state index is 12.4. The summed E-state index contributed by atoms with van der Waals surface area (Å²) < 4.78 is 0. The Morgan fingerprint density at radius 3 is 2.62 bits per heavy atom. The molecule has 0 saturated heterocycles. The number of halogens is 2. The molecule has 0 aromatic heterocycles. The summed E-state index contributed by atoms with van der Waals surface area (Å²) in [5.41, 5.74) is 0.430. The highest BCUT2D eigenvalue weighted by molar-refractivity contribution is 6.36. The first-order valence-corrected chi connectivity index (χ1v) is 8.24. The largest absolute Gasteiger partial charge is 0.396 e. The molecular formula is C16H21Cl2NO2. The molecular weight excluding hydrogens is 309 g/mol. The molecule has 1 saturated carbocycles. The zero-order valence-electron chi connectivity index (χ0n) is 11.9. The van der Waals surface area contributed by atoms with Gasteiger partial charge in [-0.2, -0.15) is 0 Å². The number of aliphatic hydroxyl groups excluding tert-OH is 1. The molecule has 1 aromatic rings. The number of hydrogen-bond acceptors (Lipinski definition) is 2. The summed E-state index contributed by atoms with van der Waals surface area (Å²) >= 11 is 11.9. The number of benzene rings is 1. The van der Waals surface area contributed by atoms with Gasteiger partial charge in [-0.05, 0) is 43.4 Å². The van der Waals surface area contributed by atoms with Crippen molar-refractivity contribution in [2.75, 3.05) is 6.61 Å². The van der Waals surface area contributed by atoms with Crippen molar-refractivity contribution in [3.63, 3.8) is 0 Å². The predicted molar refractivity (Wildman–Crippen MR) is 86.0 cm³/mol. The SMILES string of the molecule is O=C(N[C@@H](CCO)C1CCCCC1)c1ccc(Cl)cc1Cl. The molecule has 0 spiro atoms. The van der Waals surface area contributed by atoms with Crippen LogP contribution in [0, 0.1) is 5.92 Å². The molecule has 2 rings (SSSR count). The highest BCUT2D eigenvalue weighted by Gasteiger charge is 2.25. The molecule has 3 nitrogen and oxygen atoms in total. The van der Waals surface area contributed by atoms with E-state index in [9.17, 15) is 9.90 Å². The quantitative estimate of drug-likeness (QED) is 0.855. The molecule has 0 unspecified atom stereocenters. The van der Waals surface area contributed by atoms with Gasteiger partial charge in [0.1, 0.15) is 0 Å². The summed E-state index contributed by atoms with van der Waals surface area (Å²) in [5, 5.41) is 13.1. The van der Waals surface area contributed by atoms with Crippen molar-refractivity contribution in [1.82, 2.24) is 5.32 Å². The minimum atomic E-state index is -0.194. The Bertz CT molecular complexity index is 487. The zero-order valence-corrected chi connectivity index (χ0v) is 13.5. The minimum absolute atomic E-state index is 0.00884. The zero-order chi connectivity index (χ0) is 15.2. The van der Waals surface area contributed by atoms with E-state index in [-0.39, 0.29) is 18.6 Å². The first-order valence-electron chi connectivity index (χ1n) is 7.48. The number of rotatable bonds is 5. The van der Waals surface area contributed by atoms with E-state index in [2.05, 4.69) is 5.32 Å². The molecule has 5 heteroatoms. The Hall–Kier alpha value is -0.770. The Balaban J connectivity index is 2.06. The molecule has 1 fully saturated rings. The van der Waals surface area contributed by atoms with E-state index in [4.69, 9.17) is 23.2 Å². The third-order valence-electron chi connectivity index (χ3n) is 4.15. The van der Waals surface area contributed by atoms with Gasteiger partial charge in [-0.15, -0.1) is 0 Å². The molecule has 2 N–H and O–H groups in total. The number of aliphatic hydroxyl groups is 1. The number of carbonyl (C=O) groups excluding carboxylic acids is 1. The van der Waals surface area contributed by atoms with Crippen LogP contribution in [0.4, 0.5) is 0 Å². The second kappa shape index (κ2) is 8.02. The number of nitrogens with one attached hydrogen (secondary N) is 1. The van der Waals surface area contributed by atoms with E-state index in [0.717, 1.165) is 12.8 Å². The van der Waals surface area contributed by atoms with Gasteiger partial charge >= 0.3 is 0 Å². The average Bonchev–Trinajstić information content (AvgIpc) is 2.47. The smallest absolute Gasteiger partial charge is 0.253 e. The lowest BCUT2D eigenvalue weighted by Gasteiger charge is -2.30. The van der Waals surface area contributed by atoms with Crippen LogP contribution < -0.4 is 5.32 Å². The molecule has 0 aliphatic heterocycles. The van der Waals surface area contributed by atoms with Gasteiger partial charge in [0.05, 0.1) is 10.6 Å². The third kappa shape index (κ3) is 4.60. The van der Waals surface area contributed by atoms with E-state index in [1.807, 2.05) is 0 Å². The van der Waals surface area contributed by atoms with Gasteiger partial charge in [-0.3, -0.25) is 4.79 Å². The van der Waals surface area contributed by atoms with Crippen LogP contribution in [0.1, 0.15) is 48.9 Å². The molecule has 116 valence electrons. The predicted octanol–water partition coefficient (Wildman–Crippen LogP) is 4.05. The van der Waals surface area contributed by atoms with Crippen LogP contribution in [0.15, 0.2) is 18.2 Å². The first kappa shape index (κ1) is 16.6. The fraction of sp³-hybridized carbons (Fsp3) is 0.562. The average molecular weight is 330 g/mol.